The van der Waals surface area contributed by atoms with E-state index in [0.717, 1.165) is 41.8 Å². The van der Waals surface area contributed by atoms with Crippen molar-refractivity contribution in [1.82, 2.24) is 10.2 Å². The third-order valence-corrected chi connectivity index (χ3v) is 5.18. The highest BCUT2D eigenvalue weighted by molar-refractivity contribution is 6.04. The predicted molar refractivity (Wildman–Crippen MR) is 108 cm³/mol. The highest BCUT2D eigenvalue weighted by Crippen LogP contribution is 2.28. The maximum absolute atomic E-state index is 12.7. The summed E-state index contributed by atoms with van der Waals surface area (Å²) in [5, 5.41) is 5.72. The second kappa shape index (κ2) is 8.25. The Morgan fingerprint density at radius 3 is 2.70 bits per heavy atom. The van der Waals surface area contributed by atoms with Crippen LogP contribution in [0.15, 0.2) is 42.5 Å². The first kappa shape index (κ1) is 19.0. The third-order valence-electron chi connectivity index (χ3n) is 5.18. The summed E-state index contributed by atoms with van der Waals surface area (Å²) in [7, 11) is 1.66. The Morgan fingerprint density at radius 1 is 1.11 bits per heavy atom. The zero-order chi connectivity index (χ0) is 19.4. The molecule has 2 aromatic rings. The number of hydrogen-bond donors (Lipinski definition) is 2. The van der Waals surface area contributed by atoms with Crippen molar-refractivity contribution in [3.63, 3.8) is 0 Å². The van der Waals surface area contributed by atoms with Crippen LogP contribution in [0, 0.1) is 13.8 Å². The van der Waals surface area contributed by atoms with E-state index in [1.807, 2.05) is 61.2 Å². The molecule has 5 nitrogen and oxygen atoms in total. The number of nitrogens with zero attached hydrogens (tertiary/aromatic N) is 1. The molecule has 0 saturated carbocycles. The minimum Gasteiger partial charge on any atom is -0.341 e. The Kier molecular flexibility index (Phi) is 5.79. The van der Waals surface area contributed by atoms with Crippen LogP contribution in [-0.2, 0) is 0 Å². The highest BCUT2D eigenvalue weighted by Gasteiger charge is 2.24. The number of carbonyl (C=O) groups is 2. The van der Waals surface area contributed by atoms with E-state index in [1.54, 1.807) is 7.05 Å². The van der Waals surface area contributed by atoms with Crippen molar-refractivity contribution in [1.29, 1.82) is 0 Å². The van der Waals surface area contributed by atoms with Crippen LogP contribution >= 0.6 is 0 Å². The first-order valence-corrected chi connectivity index (χ1v) is 9.43. The number of rotatable bonds is 3. The Balaban J connectivity index is 1.76. The average Bonchev–Trinajstić information content (AvgIpc) is 2.70. The molecule has 0 radical (unpaired) electrons. The van der Waals surface area contributed by atoms with Gasteiger partial charge in [-0.2, -0.15) is 0 Å². The van der Waals surface area contributed by atoms with Gasteiger partial charge in [0.2, 0.25) is 0 Å². The number of benzene rings is 2. The standard InChI is InChI=1S/C22H27N3O2/c1-15-9-10-16(2)20(12-15)24-21(26)18-7-4-6-17(13-18)19-8-5-11-25(14-19)22(27)23-3/h4,6-7,9-10,12-13,19H,5,8,11,14H2,1-3H3,(H,23,27)(H,24,26). The Hall–Kier alpha value is -2.82. The number of aryl methyl sites for hydroxylation is 2. The van der Waals surface area contributed by atoms with Crippen molar-refractivity contribution in [2.24, 2.45) is 0 Å². The van der Waals surface area contributed by atoms with Crippen LogP contribution in [0.2, 0.25) is 0 Å². The summed E-state index contributed by atoms with van der Waals surface area (Å²) < 4.78 is 0. The maximum Gasteiger partial charge on any atom is 0.317 e. The molecular weight excluding hydrogens is 338 g/mol. The van der Waals surface area contributed by atoms with E-state index in [0.29, 0.717) is 12.1 Å². The van der Waals surface area contributed by atoms with E-state index >= 15 is 0 Å². The topological polar surface area (TPSA) is 61.4 Å². The molecule has 1 aliphatic heterocycles. The molecule has 142 valence electrons. The van der Waals surface area contributed by atoms with Gasteiger partial charge in [-0.25, -0.2) is 4.79 Å². The van der Waals surface area contributed by atoms with Crippen molar-refractivity contribution in [2.45, 2.75) is 32.6 Å². The number of urea groups is 1. The minimum absolute atomic E-state index is 0.0384. The highest BCUT2D eigenvalue weighted by atomic mass is 16.2. The fourth-order valence-electron chi connectivity index (χ4n) is 3.59. The van der Waals surface area contributed by atoms with Gasteiger partial charge in [0, 0.05) is 37.3 Å². The molecule has 5 heteroatoms. The summed E-state index contributed by atoms with van der Waals surface area (Å²) in [6, 6.07) is 13.8. The monoisotopic (exact) mass is 365 g/mol. The quantitative estimate of drug-likeness (QED) is 0.861. The SMILES string of the molecule is CNC(=O)N1CCCC(c2cccc(C(=O)Nc3cc(C)ccc3C)c2)C1. The van der Waals surface area contributed by atoms with E-state index in [1.165, 1.54) is 0 Å². The van der Waals surface area contributed by atoms with Crippen molar-refractivity contribution in [2.75, 3.05) is 25.5 Å². The van der Waals surface area contributed by atoms with Crippen LogP contribution in [0.3, 0.4) is 0 Å². The number of nitrogens with one attached hydrogen (secondary N) is 2. The van der Waals surface area contributed by atoms with Crippen molar-refractivity contribution < 1.29 is 9.59 Å². The zero-order valence-corrected chi connectivity index (χ0v) is 16.2. The lowest BCUT2D eigenvalue weighted by Gasteiger charge is -2.32. The van der Waals surface area contributed by atoms with Gasteiger partial charge in [-0.05, 0) is 61.6 Å². The third kappa shape index (κ3) is 4.48. The zero-order valence-electron chi connectivity index (χ0n) is 16.2. The molecule has 0 aromatic heterocycles. The molecule has 1 unspecified atom stereocenters. The lowest BCUT2D eigenvalue weighted by Crippen LogP contribution is -2.43. The van der Waals surface area contributed by atoms with Crippen molar-refractivity contribution in [3.05, 3.63) is 64.7 Å². The Labute approximate surface area is 160 Å². The molecule has 1 fully saturated rings. The smallest absolute Gasteiger partial charge is 0.317 e. The summed E-state index contributed by atoms with van der Waals surface area (Å²) >= 11 is 0. The Bertz CT molecular complexity index is 847. The normalized spacial score (nSPS) is 16.7. The molecule has 0 spiro atoms. The van der Waals surface area contributed by atoms with Gasteiger partial charge in [0.1, 0.15) is 0 Å². The van der Waals surface area contributed by atoms with E-state index < -0.39 is 0 Å². The predicted octanol–water partition coefficient (Wildman–Crippen LogP) is 4.07. The van der Waals surface area contributed by atoms with E-state index in [2.05, 4.69) is 10.6 Å². The summed E-state index contributed by atoms with van der Waals surface area (Å²) in [5.41, 5.74) is 4.75. The molecule has 27 heavy (non-hydrogen) atoms. The second-order valence-electron chi connectivity index (χ2n) is 7.24. The lowest BCUT2D eigenvalue weighted by molar-refractivity contribution is 0.102. The van der Waals surface area contributed by atoms with Gasteiger partial charge >= 0.3 is 6.03 Å². The van der Waals surface area contributed by atoms with Gasteiger partial charge in [0.25, 0.3) is 5.91 Å². The fourth-order valence-corrected chi connectivity index (χ4v) is 3.59. The minimum atomic E-state index is -0.107. The molecule has 1 atom stereocenters. The van der Waals surface area contributed by atoms with Gasteiger partial charge in [-0.3, -0.25) is 4.79 Å². The Morgan fingerprint density at radius 2 is 1.93 bits per heavy atom. The number of amides is 3. The molecule has 1 heterocycles. The van der Waals surface area contributed by atoms with E-state index in [9.17, 15) is 9.59 Å². The molecule has 1 aliphatic rings. The van der Waals surface area contributed by atoms with Gasteiger partial charge in [-0.15, -0.1) is 0 Å². The number of piperidine rings is 1. The molecule has 0 bridgehead atoms. The van der Waals surface area contributed by atoms with Gasteiger partial charge in [-0.1, -0.05) is 24.3 Å². The van der Waals surface area contributed by atoms with Crippen LogP contribution in [0.5, 0.6) is 0 Å². The molecule has 3 amide bonds. The van der Waals surface area contributed by atoms with Gasteiger partial charge in [0.05, 0.1) is 0 Å². The first-order valence-electron chi connectivity index (χ1n) is 9.43. The molecule has 0 aliphatic carbocycles. The first-order chi connectivity index (χ1) is 13.0. The van der Waals surface area contributed by atoms with E-state index in [-0.39, 0.29) is 17.9 Å². The number of hydrogen-bond acceptors (Lipinski definition) is 2. The summed E-state index contributed by atoms with van der Waals surface area (Å²) in [5.74, 6) is 0.147. The number of anilines is 1. The summed E-state index contributed by atoms with van der Waals surface area (Å²) in [4.78, 5) is 26.5. The largest absolute Gasteiger partial charge is 0.341 e. The molecule has 1 saturated heterocycles. The lowest BCUT2D eigenvalue weighted by atomic mass is 9.89. The number of likely N-dealkylation sites (tertiary alicyclic amines) is 1. The summed E-state index contributed by atoms with van der Waals surface area (Å²) in [6.45, 7) is 5.46. The van der Waals surface area contributed by atoms with Crippen LogP contribution in [-0.4, -0.2) is 37.0 Å². The van der Waals surface area contributed by atoms with Crippen molar-refractivity contribution in [3.8, 4) is 0 Å². The van der Waals surface area contributed by atoms with Crippen LogP contribution in [0.25, 0.3) is 0 Å². The molecule has 2 aromatic carbocycles. The fraction of sp³-hybridized carbons (Fsp3) is 0.364. The van der Waals surface area contributed by atoms with Crippen molar-refractivity contribution >= 4 is 17.6 Å². The average molecular weight is 365 g/mol. The molecule has 3 rings (SSSR count). The van der Waals surface area contributed by atoms with E-state index in [4.69, 9.17) is 0 Å². The molecule has 2 N–H and O–H groups in total. The maximum atomic E-state index is 12.7. The van der Waals surface area contributed by atoms with Gasteiger partial charge in [0.15, 0.2) is 0 Å². The second-order valence-corrected chi connectivity index (χ2v) is 7.24. The van der Waals surface area contributed by atoms with Crippen LogP contribution < -0.4 is 10.6 Å². The molecular formula is C22H27N3O2. The van der Waals surface area contributed by atoms with Crippen LogP contribution in [0.1, 0.15) is 45.8 Å². The van der Waals surface area contributed by atoms with Gasteiger partial charge < -0.3 is 15.5 Å². The number of carbonyl (C=O) groups excluding carboxylic acids is 2. The summed E-state index contributed by atoms with van der Waals surface area (Å²) in [6.07, 6.45) is 1.99. The van der Waals surface area contributed by atoms with Crippen LogP contribution in [0.4, 0.5) is 10.5 Å².